The Kier molecular flexibility index (Phi) is 4.46. The molecule has 8 heteroatoms. The average molecular weight is 366 g/mol. The zero-order chi connectivity index (χ0) is 14.9. The topological polar surface area (TPSA) is 74.7 Å². The second kappa shape index (κ2) is 5.79. The number of halogens is 2. The molecule has 0 aromatic heterocycles. The van der Waals surface area contributed by atoms with Crippen LogP contribution in [-0.4, -0.2) is 36.4 Å². The van der Waals surface area contributed by atoms with Crippen molar-refractivity contribution in [3.63, 3.8) is 0 Å². The summed E-state index contributed by atoms with van der Waals surface area (Å²) >= 11 is 2.95. The third-order valence-corrected chi connectivity index (χ3v) is 5.78. The second-order valence-electron chi connectivity index (χ2n) is 4.54. The van der Waals surface area contributed by atoms with Crippen LogP contribution in [0.4, 0.5) is 4.39 Å². The van der Waals surface area contributed by atoms with E-state index in [1.54, 1.807) is 0 Å². The standard InChI is InChI=1S/C12H13BrFNO4S/c13-9-5-4-8(7-10(9)14)20(18,19)15-6-2-1-3-11(15)12(16)17/h4-5,7,11H,1-3,6H2,(H,16,17)/t11-/m0/s1. The van der Waals surface area contributed by atoms with Gasteiger partial charge in [-0.05, 0) is 53.4 Å². The maximum atomic E-state index is 13.5. The highest BCUT2D eigenvalue weighted by atomic mass is 79.9. The van der Waals surface area contributed by atoms with Crippen molar-refractivity contribution in [3.8, 4) is 0 Å². The van der Waals surface area contributed by atoms with Gasteiger partial charge >= 0.3 is 5.97 Å². The van der Waals surface area contributed by atoms with E-state index < -0.39 is 27.9 Å². The van der Waals surface area contributed by atoms with Gasteiger partial charge in [-0.15, -0.1) is 0 Å². The summed E-state index contributed by atoms with van der Waals surface area (Å²) in [6, 6.07) is 2.37. The van der Waals surface area contributed by atoms with Crippen molar-refractivity contribution in [2.75, 3.05) is 6.54 Å². The molecule has 1 atom stereocenters. The summed E-state index contributed by atoms with van der Waals surface area (Å²) in [5.41, 5.74) is 0. The normalized spacial score (nSPS) is 20.8. The second-order valence-corrected chi connectivity index (χ2v) is 7.29. The first-order chi connectivity index (χ1) is 9.34. The van der Waals surface area contributed by atoms with E-state index in [9.17, 15) is 17.6 Å². The van der Waals surface area contributed by atoms with Crippen molar-refractivity contribution < 1.29 is 22.7 Å². The number of piperidine rings is 1. The number of nitrogens with zero attached hydrogens (tertiary/aromatic N) is 1. The Balaban J connectivity index is 2.42. The number of hydrogen-bond acceptors (Lipinski definition) is 3. The maximum absolute atomic E-state index is 13.5. The zero-order valence-corrected chi connectivity index (χ0v) is 12.8. The molecule has 1 saturated heterocycles. The minimum atomic E-state index is -4.00. The fourth-order valence-corrected chi connectivity index (χ4v) is 4.12. The Labute approximate surface area is 124 Å². The molecule has 2 rings (SSSR count). The highest BCUT2D eigenvalue weighted by Gasteiger charge is 2.37. The van der Waals surface area contributed by atoms with E-state index in [2.05, 4.69) is 15.9 Å². The molecule has 1 heterocycles. The van der Waals surface area contributed by atoms with Gasteiger partial charge in [-0.3, -0.25) is 4.79 Å². The third-order valence-electron chi connectivity index (χ3n) is 3.24. The minimum Gasteiger partial charge on any atom is -0.480 e. The van der Waals surface area contributed by atoms with Crippen molar-refractivity contribution in [2.45, 2.75) is 30.2 Å². The van der Waals surface area contributed by atoms with Gasteiger partial charge in [0.25, 0.3) is 0 Å². The van der Waals surface area contributed by atoms with E-state index in [1.807, 2.05) is 0 Å². The van der Waals surface area contributed by atoms with E-state index in [4.69, 9.17) is 5.11 Å². The first kappa shape index (κ1) is 15.4. The Morgan fingerprint density at radius 2 is 2.10 bits per heavy atom. The Hall–Kier alpha value is -0.990. The lowest BCUT2D eigenvalue weighted by atomic mass is 10.1. The molecule has 0 amide bonds. The summed E-state index contributed by atoms with van der Waals surface area (Å²) < 4.78 is 39.5. The van der Waals surface area contributed by atoms with E-state index in [1.165, 1.54) is 12.1 Å². The molecule has 1 aromatic carbocycles. The van der Waals surface area contributed by atoms with Gasteiger partial charge in [0.1, 0.15) is 11.9 Å². The summed E-state index contributed by atoms with van der Waals surface area (Å²) in [5.74, 6) is -1.87. The van der Waals surface area contributed by atoms with Gasteiger partial charge in [-0.1, -0.05) is 0 Å². The van der Waals surface area contributed by atoms with Crippen LogP contribution in [0, 0.1) is 5.82 Å². The predicted octanol–water partition coefficient (Wildman–Crippen LogP) is 2.22. The highest BCUT2D eigenvalue weighted by Crippen LogP contribution is 2.27. The molecule has 5 nitrogen and oxygen atoms in total. The van der Waals surface area contributed by atoms with E-state index in [-0.39, 0.29) is 22.3 Å². The van der Waals surface area contributed by atoms with Crippen LogP contribution in [0.15, 0.2) is 27.6 Å². The van der Waals surface area contributed by atoms with Gasteiger partial charge in [0.15, 0.2) is 0 Å². The van der Waals surface area contributed by atoms with E-state index in [0.717, 1.165) is 10.4 Å². The molecule has 1 N–H and O–H groups in total. The lowest BCUT2D eigenvalue weighted by Gasteiger charge is -2.31. The molecule has 0 aliphatic carbocycles. The number of sulfonamides is 1. The molecule has 1 fully saturated rings. The molecule has 0 saturated carbocycles. The largest absolute Gasteiger partial charge is 0.480 e. The first-order valence-electron chi connectivity index (χ1n) is 6.04. The highest BCUT2D eigenvalue weighted by molar-refractivity contribution is 9.10. The number of carboxylic acids is 1. The van der Waals surface area contributed by atoms with Gasteiger partial charge in [-0.25, -0.2) is 12.8 Å². The van der Waals surface area contributed by atoms with Crippen molar-refractivity contribution in [2.24, 2.45) is 0 Å². The molecular weight excluding hydrogens is 353 g/mol. The fourth-order valence-electron chi connectivity index (χ4n) is 2.21. The fraction of sp³-hybridized carbons (Fsp3) is 0.417. The summed E-state index contributed by atoms with van der Waals surface area (Å²) in [6.07, 6.45) is 1.53. The molecule has 0 unspecified atom stereocenters. The molecule has 1 aliphatic heterocycles. The number of hydrogen-bond donors (Lipinski definition) is 1. The van der Waals surface area contributed by atoms with E-state index in [0.29, 0.717) is 12.8 Å². The summed E-state index contributed by atoms with van der Waals surface area (Å²) in [4.78, 5) is 10.9. The summed E-state index contributed by atoms with van der Waals surface area (Å²) in [5, 5.41) is 9.13. The number of carboxylic acid groups (broad SMARTS) is 1. The van der Waals surface area contributed by atoms with Crippen molar-refractivity contribution in [3.05, 3.63) is 28.5 Å². The van der Waals surface area contributed by atoms with Crippen molar-refractivity contribution >= 4 is 31.9 Å². The summed E-state index contributed by atoms with van der Waals surface area (Å²) in [6.45, 7) is 0.136. The van der Waals surface area contributed by atoms with Crippen LogP contribution in [0.2, 0.25) is 0 Å². The number of carbonyl (C=O) groups is 1. The monoisotopic (exact) mass is 365 g/mol. The van der Waals surface area contributed by atoms with Gasteiger partial charge in [0.2, 0.25) is 10.0 Å². The smallest absolute Gasteiger partial charge is 0.322 e. The van der Waals surface area contributed by atoms with Gasteiger partial charge in [0.05, 0.1) is 9.37 Å². The summed E-state index contributed by atoms with van der Waals surface area (Å²) in [7, 11) is -4.00. The van der Waals surface area contributed by atoms with Gasteiger partial charge in [0, 0.05) is 6.54 Å². The third kappa shape index (κ3) is 2.87. The van der Waals surface area contributed by atoms with E-state index >= 15 is 0 Å². The molecule has 110 valence electrons. The zero-order valence-electron chi connectivity index (χ0n) is 10.4. The Morgan fingerprint density at radius 1 is 1.40 bits per heavy atom. The van der Waals surface area contributed by atoms with Crippen LogP contribution in [-0.2, 0) is 14.8 Å². The maximum Gasteiger partial charge on any atom is 0.322 e. The lowest BCUT2D eigenvalue weighted by molar-refractivity contribution is -0.142. The lowest BCUT2D eigenvalue weighted by Crippen LogP contribution is -2.47. The minimum absolute atomic E-state index is 0.136. The van der Waals surface area contributed by atoms with Crippen LogP contribution < -0.4 is 0 Å². The van der Waals surface area contributed by atoms with Crippen LogP contribution in [0.25, 0.3) is 0 Å². The molecule has 1 aromatic rings. The van der Waals surface area contributed by atoms with Gasteiger partial charge < -0.3 is 5.11 Å². The molecule has 0 radical (unpaired) electrons. The molecule has 0 spiro atoms. The van der Waals surface area contributed by atoms with Crippen LogP contribution >= 0.6 is 15.9 Å². The van der Waals surface area contributed by atoms with Crippen LogP contribution in [0.1, 0.15) is 19.3 Å². The predicted molar refractivity (Wildman–Crippen MR) is 73.3 cm³/mol. The molecular formula is C12H13BrFNO4S. The molecule has 20 heavy (non-hydrogen) atoms. The van der Waals surface area contributed by atoms with Crippen molar-refractivity contribution in [1.29, 1.82) is 0 Å². The first-order valence-corrected chi connectivity index (χ1v) is 8.27. The quantitative estimate of drug-likeness (QED) is 0.890. The molecule has 0 bridgehead atoms. The van der Waals surface area contributed by atoms with Crippen LogP contribution in [0.3, 0.4) is 0 Å². The Bertz CT molecular complexity index is 634. The van der Waals surface area contributed by atoms with Gasteiger partial charge in [-0.2, -0.15) is 4.31 Å². The SMILES string of the molecule is O=C(O)[C@@H]1CCCCN1S(=O)(=O)c1ccc(Br)c(F)c1. The number of rotatable bonds is 3. The number of aliphatic carboxylic acids is 1. The van der Waals surface area contributed by atoms with Crippen molar-refractivity contribution in [1.82, 2.24) is 4.31 Å². The number of benzene rings is 1. The molecule has 1 aliphatic rings. The Morgan fingerprint density at radius 3 is 2.70 bits per heavy atom. The average Bonchev–Trinajstić information content (AvgIpc) is 2.41. The van der Waals surface area contributed by atoms with Crippen LogP contribution in [0.5, 0.6) is 0 Å².